The first-order valence-corrected chi connectivity index (χ1v) is 5.89. The lowest BCUT2D eigenvalue weighted by Crippen LogP contribution is -2.22. The Bertz CT molecular complexity index is 708. The Kier molecular flexibility index (Phi) is 3.88. The molecule has 0 saturated carbocycles. The summed E-state index contributed by atoms with van der Waals surface area (Å²) >= 11 is 0. The van der Waals surface area contributed by atoms with Gasteiger partial charge in [0.15, 0.2) is 11.5 Å². The molecule has 0 saturated heterocycles. The molecule has 0 aliphatic heterocycles. The molecule has 1 heterocycles. The van der Waals surface area contributed by atoms with Crippen LogP contribution < -0.4 is 15.0 Å². The van der Waals surface area contributed by atoms with Crippen LogP contribution in [0.5, 0.6) is 11.5 Å². The number of aromatic nitrogens is 2. The molecule has 2 rings (SSSR count). The van der Waals surface area contributed by atoms with Crippen LogP contribution in [0, 0.1) is 0 Å². The molecule has 20 heavy (non-hydrogen) atoms. The molecule has 2 aromatic rings. The second-order valence-electron chi connectivity index (χ2n) is 4.11. The van der Waals surface area contributed by atoms with Crippen molar-refractivity contribution in [3.05, 3.63) is 28.8 Å². The van der Waals surface area contributed by atoms with E-state index in [4.69, 9.17) is 14.6 Å². The maximum absolute atomic E-state index is 12.2. The first-order valence-electron chi connectivity index (χ1n) is 5.89. The van der Waals surface area contributed by atoms with Gasteiger partial charge in [-0.05, 0) is 6.07 Å². The average Bonchev–Trinajstić information content (AvgIpc) is 2.45. The zero-order valence-corrected chi connectivity index (χ0v) is 11.1. The Hall–Kier alpha value is -2.57. The highest BCUT2D eigenvalue weighted by Crippen LogP contribution is 2.29. The summed E-state index contributed by atoms with van der Waals surface area (Å²) in [4.78, 5) is 26.9. The van der Waals surface area contributed by atoms with E-state index >= 15 is 0 Å². The molecular formula is C13H14N2O5. The summed E-state index contributed by atoms with van der Waals surface area (Å²) in [5.74, 6) is -0.0608. The summed E-state index contributed by atoms with van der Waals surface area (Å²) < 4.78 is 11.6. The lowest BCUT2D eigenvalue weighted by atomic mass is 10.2. The standard InChI is InChI=1S/C13H14N2O5/c1-19-10-5-8-9(6-11(10)20-2)14-7-15(13(8)18)4-3-12(16)17/h5-7H,3-4H2,1-2H3,(H,16,17). The molecule has 1 aromatic heterocycles. The van der Waals surface area contributed by atoms with Gasteiger partial charge in [-0.2, -0.15) is 0 Å². The van der Waals surface area contributed by atoms with E-state index in [1.165, 1.54) is 25.1 Å². The average molecular weight is 278 g/mol. The van der Waals surface area contributed by atoms with Gasteiger partial charge in [0, 0.05) is 12.6 Å². The van der Waals surface area contributed by atoms with Crippen LogP contribution in [0.15, 0.2) is 23.3 Å². The first kappa shape index (κ1) is 13.9. The number of methoxy groups -OCH3 is 2. The van der Waals surface area contributed by atoms with E-state index in [0.717, 1.165) is 0 Å². The molecule has 0 radical (unpaired) electrons. The highest BCUT2D eigenvalue weighted by molar-refractivity contribution is 5.81. The first-order chi connectivity index (χ1) is 9.56. The Morgan fingerprint density at radius 1 is 1.30 bits per heavy atom. The molecular weight excluding hydrogens is 264 g/mol. The smallest absolute Gasteiger partial charge is 0.305 e. The van der Waals surface area contributed by atoms with Crippen molar-refractivity contribution in [2.75, 3.05) is 14.2 Å². The normalized spacial score (nSPS) is 10.5. The maximum atomic E-state index is 12.2. The Balaban J connectivity index is 2.54. The SMILES string of the molecule is COc1cc2ncn(CCC(=O)O)c(=O)c2cc1OC. The van der Waals surface area contributed by atoms with Crippen molar-refractivity contribution in [2.24, 2.45) is 0 Å². The van der Waals surface area contributed by atoms with Gasteiger partial charge in [-0.1, -0.05) is 0 Å². The van der Waals surface area contributed by atoms with Crippen LogP contribution >= 0.6 is 0 Å². The minimum atomic E-state index is -0.968. The zero-order valence-electron chi connectivity index (χ0n) is 11.1. The summed E-state index contributed by atoms with van der Waals surface area (Å²) in [5.41, 5.74) is 0.163. The molecule has 0 fully saturated rings. The van der Waals surface area contributed by atoms with Gasteiger partial charge >= 0.3 is 5.97 Å². The third-order valence-corrected chi connectivity index (χ3v) is 2.90. The van der Waals surface area contributed by atoms with Gasteiger partial charge in [0.25, 0.3) is 5.56 Å². The number of ether oxygens (including phenoxy) is 2. The molecule has 1 aromatic carbocycles. The van der Waals surface area contributed by atoms with Crippen LogP contribution in [0.2, 0.25) is 0 Å². The Morgan fingerprint density at radius 3 is 2.55 bits per heavy atom. The van der Waals surface area contributed by atoms with Crippen molar-refractivity contribution in [3.63, 3.8) is 0 Å². The predicted octanol–water partition coefficient (Wildman–Crippen LogP) is 0.888. The lowest BCUT2D eigenvalue weighted by Gasteiger charge is -2.10. The van der Waals surface area contributed by atoms with Crippen LogP contribution in [0.1, 0.15) is 6.42 Å². The van der Waals surface area contributed by atoms with E-state index in [1.54, 1.807) is 12.1 Å². The van der Waals surface area contributed by atoms with Crippen molar-refractivity contribution in [2.45, 2.75) is 13.0 Å². The summed E-state index contributed by atoms with van der Waals surface area (Å²) in [6.07, 6.45) is 1.19. The Morgan fingerprint density at radius 2 is 1.95 bits per heavy atom. The molecule has 0 bridgehead atoms. The fourth-order valence-corrected chi connectivity index (χ4v) is 1.86. The van der Waals surface area contributed by atoms with Gasteiger partial charge in [-0.25, -0.2) is 4.98 Å². The van der Waals surface area contributed by atoms with Crippen LogP contribution in [-0.2, 0) is 11.3 Å². The molecule has 0 atom stereocenters. The third-order valence-electron chi connectivity index (χ3n) is 2.90. The molecule has 0 aliphatic carbocycles. The van der Waals surface area contributed by atoms with Gasteiger partial charge in [0.1, 0.15) is 0 Å². The second-order valence-corrected chi connectivity index (χ2v) is 4.11. The molecule has 106 valence electrons. The molecule has 1 N–H and O–H groups in total. The number of nitrogens with zero attached hydrogens (tertiary/aromatic N) is 2. The van der Waals surface area contributed by atoms with E-state index in [9.17, 15) is 9.59 Å². The van der Waals surface area contributed by atoms with Gasteiger partial charge in [-0.3, -0.25) is 14.2 Å². The lowest BCUT2D eigenvalue weighted by molar-refractivity contribution is -0.137. The number of hydrogen-bond acceptors (Lipinski definition) is 5. The van der Waals surface area contributed by atoms with Crippen molar-refractivity contribution in [3.8, 4) is 11.5 Å². The van der Waals surface area contributed by atoms with E-state index in [0.29, 0.717) is 22.4 Å². The van der Waals surface area contributed by atoms with Crippen molar-refractivity contribution < 1.29 is 19.4 Å². The number of fused-ring (bicyclic) bond motifs is 1. The molecule has 7 heteroatoms. The number of carboxylic acid groups (broad SMARTS) is 1. The number of aliphatic carboxylic acids is 1. The van der Waals surface area contributed by atoms with Crippen LogP contribution in [0.25, 0.3) is 10.9 Å². The number of hydrogen-bond donors (Lipinski definition) is 1. The molecule has 0 spiro atoms. The predicted molar refractivity (Wildman–Crippen MR) is 71.4 cm³/mol. The van der Waals surface area contributed by atoms with E-state index < -0.39 is 5.97 Å². The van der Waals surface area contributed by atoms with Crippen LogP contribution in [0.4, 0.5) is 0 Å². The number of aryl methyl sites for hydroxylation is 1. The highest BCUT2D eigenvalue weighted by atomic mass is 16.5. The summed E-state index contributed by atoms with van der Waals surface area (Å²) in [6, 6.07) is 3.15. The summed E-state index contributed by atoms with van der Waals surface area (Å²) in [6.45, 7) is 0.0749. The maximum Gasteiger partial charge on any atom is 0.305 e. The molecule has 0 aliphatic rings. The second kappa shape index (κ2) is 5.60. The van der Waals surface area contributed by atoms with Gasteiger partial charge < -0.3 is 14.6 Å². The fourth-order valence-electron chi connectivity index (χ4n) is 1.86. The van der Waals surface area contributed by atoms with Gasteiger partial charge in [-0.15, -0.1) is 0 Å². The number of rotatable bonds is 5. The largest absolute Gasteiger partial charge is 0.493 e. The van der Waals surface area contributed by atoms with E-state index in [1.807, 2.05) is 0 Å². The van der Waals surface area contributed by atoms with Gasteiger partial charge in [0.2, 0.25) is 0 Å². The number of carboxylic acids is 1. The monoisotopic (exact) mass is 278 g/mol. The molecule has 7 nitrogen and oxygen atoms in total. The summed E-state index contributed by atoms with van der Waals surface area (Å²) in [7, 11) is 2.97. The van der Waals surface area contributed by atoms with E-state index in [-0.39, 0.29) is 18.5 Å². The van der Waals surface area contributed by atoms with Gasteiger partial charge in [0.05, 0.1) is 37.9 Å². The van der Waals surface area contributed by atoms with Crippen LogP contribution in [0.3, 0.4) is 0 Å². The number of benzene rings is 1. The minimum Gasteiger partial charge on any atom is -0.493 e. The van der Waals surface area contributed by atoms with Crippen molar-refractivity contribution in [1.29, 1.82) is 0 Å². The van der Waals surface area contributed by atoms with Crippen molar-refractivity contribution in [1.82, 2.24) is 9.55 Å². The highest BCUT2D eigenvalue weighted by Gasteiger charge is 2.11. The molecule has 0 unspecified atom stereocenters. The summed E-state index contributed by atoms with van der Waals surface area (Å²) in [5, 5.41) is 9.01. The Labute approximate surface area is 114 Å². The topological polar surface area (TPSA) is 90.7 Å². The minimum absolute atomic E-state index is 0.0749. The molecule has 0 amide bonds. The quantitative estimate of drug-likeness (QED) is 0.873. The number of carbonyl (C=O) groups is 1. The fraction of sp³-hybridized carbons (Fsp3) is 0.308. The zero-order chi connectivity index (χ0) is 14.7. The van der Waals surface area contributed by atoms with Crippen molar-refractivity contribution >= 4 is 16.9 Å². The van der Waals surface area contributed by atoms with Crippen LogP contribution in [-0.4, -0.2) is 34.8 Å². The van der Waals surface area contributed by atoms with E-state index in [2.05, 4.69) is 4.98 Å². The third kappa shape index (κ3) is 2.56.